The molecule has 0 spiro atoms. The summed E-state index contributed by atoms with van der Waals surface area (Å²) in [6, 6.07) is 6.78. The molecule has 0 unspecified atom stereocenters. The van der Waals surface area contributed by atoms with E-state index in [0.29, 0.717) is 12.2 Å². The van der Waals surface area contributed by atoms with Crippen LogP contribution in [0.5, 0.6) is 5.75 Å². The zero-order chi connectivity index (χ0) is 10.4. The molecule has 1 aromatic carbocycles. The van der Waals surface area contributed by atoms with Gasteiger partial charge in [-0.3, -0.25) is 0 Å². The van der Waals surface area contributed by atoms with Crippen LogP contribution >= 0.6 is 0 Å². The number of rotatable bonds is 3. The number of esters is 1. The van der Waals surface area contributed by atoms with Crippen molar-refractivity contribution in [2.24, 2.45) is 0 Å². The third-order valence-electron chi connectivity index (χ3n) is 1.62. The van der Waals surface area contributed by atoms with Crippen molar-refractivity contribution in [3.8, 4) is 5.75 Å². The largest absolute Gasteiger partial charge is 0.507 e. The lowest BCUT2D eigenvalue weighted by atomic mass is 10.2. The van der Waals surface area contributed by atoms with Crippen LogP contribution in [0, 0.1) is 0 Å². The molecule has 0 radical (unpaired) electrons. The Balaban J connectivity index is 2.69. The molecular formula is C11H12O3. The summed E-state index contributed by atoms with van der Waals surface area (Å²) in [5.41, 5.74) is 0.598. The first-order chi connectivity index (χ1) is 6.74. The van der Waals surface area contributed by atoms with Crippen LogP contribution < -0.4 is 0 Å². The highest BCUT2D eigenvalue weighted by Gasteiger charge is 1.96. The molecule has 0 saturated heterocycles. The van der Waals surface area contributed by atoms with Crippen LogP contribution in [0.15, 0.2) is 30.3 Å². The van der Waals surface area contributed by atoms with E-state index in [9.17, 15) is 9.90 Å². The van der Waals surface area contributed by atoms with Gasteiger partial charge in [-0.15, -0.1) is 0 Å². The van der Waals surface area contributed by atoms with Gasteiger partial charge in [0, 0.05) is 11.6 Å². The lowest BCUT2D eigenvalue weighted by molar-refractivity contribution is -0.137. The van der Waals surface area contributed by atoms with Crippen molar-refractivity contribution in [1.82, 2.24) is 0 Å². The van der Waals surface area contributed by atoms with E-state index in [-0.39, 0.29) is 5.75 Å². The van der Waals surface area contributed by atoms with Gasteiger partial charge < -0.3 is 9.84 Å². The predicted molar refractivity (Wildman–Crippen MR) is 53.8 cm³/mol. The Bertz CT molecular complexity index is 342. The monoisotopic (exact) mass is 192 g/mol. The van der Waals surface area contributed by atoms with Crippen LogP contribution in [0.3, 0.4) is 0 Å². The topological polar surface area (TPSA) is 46.5 Å². The van der Waals surface area contributed by atoms with Crippen LogP contribution in [-0.2, 0) is 9.53 Å². The summed E-state index contributed by atoms with van der Waals surface area (Å²) in [5, 5.41) is 9.35. The van der Waals surface area contributed by atoms with Gasteiger partial charge >= 0.3 is 5.97 Å². The van der Waals surface area contributed by atoms with Gasteiger partial charge in [0.15, 0.2) is 0 Å². The van der Waals surface area contributed by atoms with Gasteiger partial charge in [0.05, 0.1) is 6.61 Å². The molecule has 0 aliphatic rings. The quantitative estimate of drug-likeness (QED) is 0.588. The van der Waals surface area contributed by atoms with Crippen molar-refractivity contribution in [3.63, 3.8) is 0 Å². The second-order valence-electron chi connectivity index (χ2n) is 2.64. The molecule has 74 valence electrons. The fourth-order valence-corrected chi connectivity index (χ4v) is 0.977. The molecule has 0 heterocycles. The van der Waals surface area contributed by atoms with Crippen molar-refractivity contribution < 1.29 is 14.6 Å². The van der Waals surface area contributed by atoms with Gasteiger partial charge in [-0.2, -0.15) is 0 Å². The van der Waals surface area contributed by atoms with E-state index >= 15 is 0 Å². The van der Waals surface area contributed by atoms with E-state index in [0.717, 1.165) is 0 Å². The highest BCUT2D eigenvalue weighted by molar-refractivity contribution is 5.87. The Morgan fingerprint density at radius 3 is 2.86 bits per heavy atom. The van der Waals surface area contributed by atoms with Crippen LogP contribution in [0.25, 0.3) is 6.08 Å². The first kappa shape index (κ1) is 10.3. The number of aromatic hydroxyl groups is 1. The van der Waals surface area contributed by atoms with Crippen molar-refractivity contribution in [1.29, 1.82) is 0 Å². The summed E-state index contributed by atoms with van der Waals surface area (Å²) >= 11 is 0. The molecule has 1 rings (SSSR count). The maximum absolute atomic E-state index is 10.9. The van der Waals surface area contributed by atoms with Gasteiger partial charge in [-0.05, 0) is 19.1 Å². The second kappa shape index (κ2) is 5.07. The minimum Gasteiger partial charge on any atom is -0.507 e. The van der Waals surface area contributed by atoms with Crippen molar-refractivity contribution in [3.05, 3.63) is 35.9 Å². The zero-order valence-electron chi connectivity index (χ0n) is 7.93. The summed E-state index contributed by atoms with van der Waals surface area (Å²) in [6.07, 6.45) is 2.81. The number of phenols is 1. The van der Waals surface area contributed by atoms with Gasteiger partial charge in [0.2, 0.25) is 0 Å². The molecule has 0 fully saturated rings. The van der Waals surface area contributed by atoms with Crippen LogP contribution in [-0.4, -0.2) is 17.7 Å². The average Bonchev–Trinajstić information content (AvgIpc) is 2.17. The van der Waals surface area contributed by atoms with Crippen LogP contribution in [0.1, 0.15) is 12.5 Å². The summed E-state index contributed by atoms with van der Waals surface area (Å²) < 4.78 is 4.70. The lowest BCUT2D eigenvalue weighted by Crippen LogP contribution is -1.98. The molecule has 1 aromatic rings. The van der Waals surface area contributed by atoms with Gasteiger partial charge in [0.25, 0.3) is 0 Å². The first-order valence-corrected chi connectivity index (χ1v) is 4.37. The Labute approximate surface area is 82.6 Å². The molecule has 3 heteroatoms. The zero-order valence-corrected chi connectivity index (χ0v) is 7.93. The first-order valence-electron chi connectivity index (χ1n) is 4.37. The van der Waals surface area contributed by atoms with E-state index in [4.69, 9.17) is 4.74 Å². The summed E-state index contributed by atoms with van der Waals surface area (Å²) in [4.78, 5) is 10.9. The minimum absolute atomic E-state index is 0.146. The number of hydrogen-bond donors (Lipinski definition) is 1. The van der Waals surface area contributed by atoms with Gasteiger partial charge in [-0.1, -0.05) is 18.2 Å². The molecule has 0 aliphatic carbocycles. The summed E-state index contributed by atoms with van der Waals surface area (Å²) in [5.74, 6) is -0.260. The smallest absolute Gasteiger partial charge is 0.330 e. The number of hydrogen-bond acceptors (Lipinski definition) is 3. The highest BCUT2D eigenvalue weighted by Crippen LogP contribution is 2.16. The molecule has 0 saturated carbocycles. The molecule has 0 amide bonds. The van der Waals surface area contributed by atoms with E-state index < -0.39 is 5.97 Å². The predicted octanol–water partition coefficient (Wildman–Crippen LogP) is 1.97. The molecule has 0 aromatic heterocycles. The Morgan fingerprint density at radius 1 is 1.50 bits per heavy atom. The molecule has 14 heavy (non-hydrogen) atoms. The fourth-order valence-electron chi connectivity index (χ4n) is 0.977. The number of carbonyl (C=O) groups is 1. The minimum atomic E-state index is -0.407. The molecule has 0 bridgehead atoms. The van der Waals surface area contributed by atoms with E-state index in [1.165, 1.54) is 12.2 Å². The Morgan fingerprint density at radius 2 is 2.21 bits per heavy atom. The third kappa shape index (κ3) is 2.94. The van der Waals surface area contributed by atoms with Gasteiger partial charge in [0.1, 0.15) is 5.75 Å². The third-order valence-corrected chi connectivity index (χ3v) is 1.62. The normalized spacial score (nSPS) is 10.4. The number of carbonyl (C=O) groups excluding carboxylic acids is 1. The number of benzene rings is 1. The van der Waals surface area contributed by atoms with Crippen molar-refractivity contribution >= 4 is 12.0 Å². The van der Waals surface area contributed by atoms with E-state index in [1.807, 2.05) is 0 Å². The molecule has 0 atom stereocenters. The standard InChI is InChI=1S/C11H12O3/c1-2-14-11(13)8-7-9-5-3-4-6-10(9)12/h3-8,12H,2H2,1H3/b8-7+. The maximum atomic E-state index is 10.9. The maximum Gasteiger partial charge on any atom is 0.330 e. The Kier molecular flexibility index (Phi) is 3.73. The van der Waals surface area contributed by atoms with Crippen LogP contribution in [0.4, 0.5) is 0 Å². The highest BCUT2D eigenvalue weighted by atomic mass is 16.5. The summed E-state index contributed by atoms with van der Waals surface area (Å²) in [6.45, 7) is 2.09. The summed E-state index contributed by atoms with van der Waals surface area (Å²) in [7, 11) is 0. The van der Waals surface area contributed by atoms with Gasteiger partial charge in [-0.25, -0.2) is 4.79 Å². The fraction of sp³-hybridized carbons (Fsp3) is 0.182. The van der Waals surface area contributed by atoms with E-state index in [1.54, 1.807) is 31.2 Å². The number of ether oxygens (including phenoxy) is 1. The molecular weight excluding hydrogens is 180 g/mol. The van der Waals surface area contributed by atoms with Crippen LogP contribution in [0.2, 0.25) is 0 Å². The van der Waals surface area contributed by atoms with Crippen molar-refractivity contribution in [2.75, 3.05) is 6.61 Å². The SMILES string of the molecule is CCOC(=O)/C=C/c1ccccc1O. The van der Waals surface area contributed by atoms with E-state index in [2.05, 4.69) is 0 Å². The number of para-hydroxylation sites is 1. The molecule has 3 nitrogen and oxygen atoms in total. The van der Waals surface area contributed by atoms with Crippen molar-refractivity contribution in [2.45, 2.75) is 6.92 Å². The molecule has 0 aliphatic heterocycles. The Hall–Kier alpha value is -1.77. The lowest BCUT2D eigenvalue weighted by Gasteiger charge is -1.97. The molecule has 1 N–H and O–H groups in total. The average molecular weight is 192 g/mol. The number of phenolic OH excluding ortho intramolecular Hbond substituents is 1. The second-order valence-corrected chi connectivity index (χ2v) is 2.64.